The zero-order valence-corrected chi connectivity index (χ0v) is 11.4. The van der Waals surface area contributed by atoms with Gasteiger partial charge in [-0.2, -0.15) is 0 Å². The minimum atomic E-state index is -0.402. The summed E-state index contributed by atoms with van der Waals surface area (Å²) in [5.41, 5.74) is 0.459. The van der Waals surface area contributed by atoms with Gasteiger partial charge in [0.25, 0.3) is 0 Å². The van der Waals surface area contributed by atoms with E-state index in [1.807, 2.05) is 13.0 Å². The van der Waals surface area contributed by atoms with E-state index >= 15 is 0 Å². The maximum atomic E-state index is 11.5. The molecule has 0 bridgehead atoms. The maximum Gasteiger partial charge on any atom is 0.339 e. The summed E-state index contributed by atoms with van der Waals surface area (Å²) in [5.74, 6) is -0.428. The van der Waals surface area contributed by atoms with Crippen LogP contribution in [0.3, 0.4) is 0 Å². The Morgan fingerprint density at radius 2 is 2.06 bits per heavy atom. The number of amides is 1. The molecule has 0 atom stereocenters. The number of unbranched alkanes of at least 4 members (excludes halogenated alkanes) is 1. The first-order valence-corrected chi connectivity index (χ1v) is 6.63. The Labute approximate surface area is 111 Å². The summed E-state index contributed by atoms with van der Waals surface area (Å²) in [7, 11) is 1.34. The fourth-order valence-electron chi connectivity index (χ4n) is 1.33. The molecule has 0 heterocycles. The standard InChI is InChI=1S/C13H17NO3S/c1-3-4-9-12(15)14-18-11-8-6-5-7-10(11)13(16)17-2/h5-8H,3-4,9H2,1-2H3,(H,14,15). The summed E-state index contributed by atoms with van der Waals surface area (Å²) in [6.45, 7) is 2.03. The highest BCUT2D eigenvalue weighted by molar-refractivity contribution is 7.98. The van der Waals surface area contributed by atoms with E-state index in [4.69, 9.17) is 0 Å². The number of carbonyl (C=O) groups is 2. The van der Waals surface area contributed by atoms with Gasteiger partial charge in [-0.05, 0) is 30.5 Å². The molecule has 0 saturated carbocycles. The largest absolute Gasteiger partial charge is 0.465 e. The average Bonchev–Trinajstić information content (AvgIpc) is 2.42. The Balaban J connectivity index is 2.61. The minimum Gasteiger partial charge on any atom is -0.465 e. The van der Waals surface area contributed by atoms with Crippen molar-refractivity contribution in [2.75, 3.05) is 7.11 Å². The molecule has 0 radical (unpaired) electrons. The first kappa shape index (κ1) is 14.6. The molecule has 5 heteroatoms. The minimum absolute atomic E-state index is 0.0264. The van der Waals surface area contributed by atoms with E-state index in [1.165, 1.54) is 7.11 Å². The number of carbonyl (C=O) groups excluding carboxylic acids is 2. The van der Waals surface area contributed by atoms with Gasteiger partial charge in [-0.3, -0.25) is 9.52 Å². The molecule has 0 aliphatic rings. The van der Waals surface area contributed by atoms with E-state index in [2.05, 4.69) is 9.46 Å². The van der Waals surface area contributed by atoms with Crippen molar-refractivity contribution < 1.29 is 14.3 Å². The van der Waals surface area contributed by atoms with Crippen LogP contribution in [-0.2, 0) is 9.53 Å². The third kappa shape index (κ3) is 4.41. The molecule has 0 aliphatic carbocycles. The van der Waals surface area contributed by atoms with Crippen LogP contribution in [0.25, 0.3) is 0 Å². The van der Waals surface area contributed by atoms with Gasteiger partial charge < -0.3 is 4.74 Å². The van der Waals surface area contributed by atoms with Gasteiger partial charge in [0.2, 0.25) is 5.91 Å². The summed E-state index contributed by atoms with van der Waals surface area (Å²) in [4.78, 5) is 23.7. The number of methoxy groups -OCH3 is 1. The molecule has 0 spiro atoms. The second-order valence-electron chi connectivity index (χ2n) is 3.72. The third-order valence-corrected chi connectivity index (χ3v) is 3.23. The number of nitrogens with one attached hydrogen (secondary N) is 1. The highest BCUT2D eigenvalue weighted by atomic mass is 32.2. The molecule has 1 N–H and O–H groups in total. The second kappa shape index (κ2) is 7.76. The molecule has 0 unspecified atom stereocenters. The number of ether oxygens (including phenoxy) is 1. The van der Waals surface area contributed by atoms with Crippen LogP contribution in [0.2, 0.25) is 0 Å². The van der Waals surface area contributed by atoms with Crippen LogP contribution in [0, 0.1) is 0 Å². The molecule has 4 nitrogen and oxygen atoms in total. The highest BCUT2D eigenvalue weighted by Gasteiger charge is 2.12. The van der Waals surface area contributed by atoms with Crippen LogP contribution in [0.1, 0.15) is 36.5 Å². The Kier molecular flexibility index (Phi) is 6.28. The highest BCUT2D eigenvalue weighted by Crippen LogP contribution is 2.20. The monoisotopic (exact) mass is 267 g/mol. The fraction of sp³-hybridized carbons (Fsp3) is 0.385. The van der Waals surface area contributed by atoms with Gasteiger partial charge in [0.05, 0.1) is 12.7 Å². The molecule has 0 saturated heterocycles. The first-order chi connectivity index (χ1) is 8.69. The van der Waals surface area contributed by atoms with Crippen molar-refractivity contribution in [3.8, 4) is 0 Å². The second-order valence-corrected chi connectivity index (χ2v) is 4.57. The van der Waals surface area contributed by atoms with Crippen LogP contribution in [-0.4, -0.2) is 19.0 Å². The number of esters is 1. The molecule has 0 aliphatic heterocycles. The van der Waals surface area contributed by atoms with Gasteiger partial charge in [0, 0.05) is 11.3 Å². The van der Waals surface area contributed by atoms with Crippen molar-refractivity contribution in [1.82, 2.24) is 4.72 Å². The summed E-state index contributed by atoms with van der Waals surface area (Å²) in [5, 5.41) is 0. The molecule has 1 aromatic carbocycles. The van der Waals surface area contributed by atoms with Crippen molar-refractivity contribution in [3.63, 3.8) is 0 Å². The van der Waals surface area contributed by atoms with Gasteiger partial charge in [-0.15, -0.1) is 0 Å². The molecule has 98 valence electrons. The molecule has 0 fully saturated rings. The van der Waals surface area contributed by atoms with Gasteiger partial charge in [-0.25, -0.2) is 4.79 Å². The van der Waals surface area contributed by atoms with Gasteiger partial charge in [0.1, 0.15) is 0 Å². The van der Waals surface area contributed by atoms with Crippen molar-refractivity contribution in [2.24, 2.45) is 0 Å². The average molecular weight is 267 g/mol. The van der Waals surface area contributed by atoms with E-state index < -0.39 is 5.97 Å². The van der Waals surface area contributed by atoms with E-state index in [0.29, 0.717) is 16.9 Å². The van der Waals surface area contributed by atoms with Crippen molar-refractivity contribution in [1.29, 1.82) is 0 Å². The van der Waals surface area contributed by atoms with Gasteiger partial charge in [0.15, 0.2) is 0 Å². The molecule has 18 heavy (non-hydrogen) atoms. The fourth-order valence-corrected chi connectivity index (χ4v) is 2.07. The molecule has 1 aromatic rings. The normalized spacial score (nSPS) is 9.89. The lowest BCUT2D eigenvalue weighted by molar-refractivity contribution is -0.119. The number of hydrogen-bond acceptors (Lipinski definition) is 4. The topological polar surface area (TPSA) is 55.4 Å². The summed E-state index contributed by atoms with van der Waals surface area (Å²) in [6, 6.07) is 7.02. The Morgan fingerprint density at radius 1 is 1.33 bits per heavy atom. The quantitative estimate of drug-likeness (QED) is 0.636. The Bertz CT molecular complexity index is 420. The maximum absolute atomic E-state index is 11.5. The van der Waals surface area contributed by atoms with Crippen LogP contribution >= 0.6 is 11.9 Å². The van der Waals surface area contributed by atoms with Gasteiger partial charge >= 0.3 is 5.97 Å². The Morgan fingerprint density at radius 3 is 2.72 bits per heavy atom. The van der Waals surface area contributed by atoms with Crippen molar-refractivity contribution >= 4 is 23.8 Å². The zero-order valence-electron chi connectivity index (χ0n) is 10.6. The van der Waals surface area contributed by atoms with Crippen LogP contribution < -0.4 is 4.72 Å². The summed E-state index contributed by atoms with van der Waals surface area (Å²) in [6.07, 6.45) is 2.35. The van der Waals surface area contributed by atoms with Crippen LogP contribution in [0.15, 0.2) is 29.2 Å². The summed E-state index contributed by atoms with van der Waals surface area (Å²) < 4.78 is 7.41. The third-order valence-electron chi connectivity index (χ3n) is 2.32. The lowest BCUT2D eigenvalue weighted by atomic mass is 10.2. The molecule has 1 amide bonds. The number of benzene rings is 1. The van der Waals surface area contributed by atoms with Crippen LogP contribution in [0.4, 0.5) is 0 Å². The van der Waals surface area contributed by atoms with E-state index in [1.54, 1.807) is 18.2 Å². The lowest BCUT2D eigenvalue weighted by Crippen LogP contribution is -2.15. The van der Waals surface area contributed by atoms with Crippen molar-refractivity contribution in [2.45, 2.75) is 31.1 Å². The lowest BCUT2D eigenvalue weighted by Gasteiger charge is -2.07. The SMILES string of the molecule is CCCCC(=O)NSc1ccccc1C(=O)OC. The van der Waals surface area contributed by atoms with E-state index in [-0.39, 0.29) is 5.91 Å². The van der Waals surface area contributed by atoms with E-state index in [0.717, 1.165) is 24.8 Å². The molecular weight excluding hydrogens is 250 g/mol. The molecule has 1 rings (SSSR count). The predicted molar refractivity (Wildman–Crippen MR) is 71.3 cm³/mol. The smallest absolute Gasteiger partial charge is 0.339 e. The first-order valence-electron chi connectivity index (χ1n) is 5.82. The van der Waals surface area contributed by atoms with Gasteiger partial charge in [-0.1, -0.05) is 25.5 Å². The number of hydrogen-bond donors (Lipinski definition) is 1. The molecule has 0 aromatic heterocycles. The zero-order chi connectivity index (χ0) is 13.4. The van der Waals surface area contributed by atoms with Crippen LogP contribution in [0.5, 0.6) is 0 Å². The van der Waals surface area contributed by atoms with Crippen molar-refractivity contribution in [3.05, 3.63) is 29.8 Å². The Hall–Kier alpha value is -1.49. The van der Waals surface area contributed by atoms with E-state index in [9.17, 15) is 9.59 Å². The molecular formula is C13H17NO3S. The number of rotatable bonds is 6. The predicted octanol–water partition coefficient (Wildman–Crippen LogP) is 2.79. The summed E-state index contributed by atoms with van der Waals surface area (Å²) >= 11 is 1.15.